The monoisotopic (exact) mass is 477 g/mol. The summed E-state index contributed by atoms with van der Waals surface area (Å²) in [5, 5.41) is 17.1. The van der Waals surface area contributed by atoms with E-state index in [4.69, 9.17) is 14.6 Å². The van der Waals surface area contributed by atoms with E-state index in [9.17, 15) is 5.11 Å². The van der Waals surface area contributed by atoms with Crippen molar-refractivity contribution in [1.82, 2.24) is 4.90 Å². The van der Waals surface area contributed by atoms with Gasteiger partial charge in [-0.25, -0.2) is 0 Å². The number of hydrogen-bond acceptors (Lipinski definition) is 5. The van der Waals surface area contributed by atoms with Crippen molar-refractivity contribution in [3.8, 4) is 22.7 Å². The minimum Gasteiger partial charge on any atom is -0.499 e. The van der Waals surface area contributed by atoms with E-state index < -0.39 is 0 Å². The Morgan fingerprint density at radius 3 is 2.62 bits per heavy atom. The summed E-state index contributed by atoms with van der Waals surface area (Å²) in [6, 6.07) is 18.9. The first-order chi connectivity index (χ1) is 16.6. The zero-order valence-electron chi connectivity index (χ0n) is 19.7. The van der Waals surface area contributed by atoms with Crippen molar-refractivity contribution in [2.24, 2.45) is 0 Å². The molecule has 4 rings (SSSR count). The van der Waals surface area contributed by atoms with Crippen LogP contribution in [-0.4, -0.2) is 28.1 Å². The van der Waals surface area contributed by atoms with Crippen LogP contribution >= 0.6 is 11.3 Å². The van der Waals surface area contributed by atoms with E-state index in [1.54, 1.807) is 0 Å². The van der Waals surface area contributed by atoms with E-state index >= 15 is 0 Å². The minimum absolute atomic E-state index is 0.250. The third-order valence-corrected chi connectivity index (χ3v) is 6.78. The highest BCUT2D eigenvalue weighted by Crippen LogP contribution is 2.32. The highest BCUT2D eigenvalue weighted by Gasteiger charge is 2.19. The van der Waals surface area contributed by atoms with Crippen LogP contribution in [0.25, 0.3) is 0 Å². The van der Waals surface area contributed by atoms with Gasteiger partial charge in [-0.1, -0.05) is 49.2 Å². The lowest BCUT2D eigenvalue weighted by molar-refractivity contribution is -0.122. The molecule has 2 heterocycles. The summed E-state index contributed by atoms with van der Waals surface area (Å²) in [5.41, 5.74) is 4.99. The number of hydrogen-bond donors (Lipinski definition) is 2. The van der Waals surface area contributed by atoms with Gasteiger partial charge in [-0.2, -0.15) is 0 Å². The van der Waals surface area contributed by atoms with E-state index in [-0.39, 0.29) is 6.47 Å². The Labute approximate surface area is 205 Å². The molecule has 0 spiro atoms. The van der Waals surface area contributed by atoms with E-state index in [1.165, 1.54) is 38.5 Å². The number of aromatic hydroxyl groups is 1. The van der Waals surface area contributed by atoms with E-state index in [0.717, 1.165) is 38.2 Å². The molecule has 0 amide bonds. The van der Waals surface area contributed by atoms with E-state index in [0.29, 0.717) is 17.6 Å². The molecule has 1 atom stereocenters. The summed E-state index contributed by atoms with van der Waals surface area (Å²) in [6.07, 6.45) is 2.03. The molecule has 0 bridgehead atoms. The van der Waals surface area contributed by atoms with Gasteiger partial charge in [0.1, 0.15) is 12.4 Å². The van der Waals surface area contributed by atoms with Crippen molar-refractivity contribution in [3.63, 3.8) is 0 Å². The Balaban J connectivity index is 0.00000103. The number of rotatable bonds is 7. The third-order valence-electron chi connectivity index (χ3n) is 5.75. The van der Waals surface area contributed by atoms with E-state index in [2.05, 4.69) is 60.1 Å². The second-order valence-electron chi connectivity index (χ2n) is 8.13. The Morgan fingerprint density at radius 1 is 1.18 bits per heavy atom. The van der Waals surface area contributed by atoms with Gasteiger partial charge in [-0.05, 0) is 60.2 Å². The molecule has 1 aromatic heterocycles. The molecule has 3 aromatic rings. The van der Waals surface area contributed by atoms with Gasteiger partial charge in [0.05, 0.1) is 0 Å². The predicted molar refractivity (Wildman–Crippen MR) is 136 cm³/mol. The summed E-state index contributed by atoms with van der Waals surface area (Å²) >= 11 is 1.52. The number of thiophene rings is 1. The van der Waals surface area contributed by atoms with Crippen molar-refractivity contribution >= 4 is 17.8 Å². The lowest BCUT2D eigenvalue weighted by Gasteiger charge is -2.26. The zero-order chi connectivity index (χ0) is 24.3. The maximum absolute atomic E-state index is 9.75. The predicted octanol–water partition coefficient (Wildman–Crippen LogP) is 5.81. The average Bonchev–Trinajstić information content (AvgIpc) is 3.22. The second kappa shape index (κ2) is 12.8. The van der Waals surface area contributed by atoms with Crippen molar-refractivity contribution in [3.05, 3.63) is 81.7 Å². The van der Waals surface area contributed by atoms with Gasteiger partial charge in [0.2, 0.25) is 0 Å². The molecule has 5 nitrogen and oxygen atoms in total. The fraction of sp³-hybridized carbons (Fsp3) is 0.321. The third kappa shape index (κ3) is 7.11. The van der Waals surface area contributed by atoms with Gasteiger partial charge in [0.25, 0.3) is 6.47 Å². The number of fused-ring (bicyclic) bond motifs is 1. The minimum atomic E-state index is -0.250. The average molecular weight is 478 g/mol. The van der Waals surface area contributed by atoms with Crippen LogP contribution in [0.15, 0.2) is 54.6 Å². The van der Waals surface area contributed by atoms with Crippen molar-refractivity contribution < 1.29 is 19.7 Å². The smallest absolute Gasteiger partial charge is 0.290 e. The van der Waals surface area contributed by atoms with Crippen LogP contribution in [0.5, 0.6) is 10.8 Å². The van der Waals surface area contributed by atoms with Crippen LogP contribution in [0.3, 0.4) is 0 Å². The summed E-state index contributed by atoms with van der Waals surface area (Å²) in [4.78, 5) is 12.1. The molecule has 1 aliphatic heterocycles. The summed E-state index contributed by atoms with van der Waals surface area (Å²) < 4.78 is 6.04. The maximum atomic E-state index is 9.75. The zero-order valence-corrected chi connectivity index (χ0v) is 20.5. The molecule has 6 heteroatoms. The Kier molecular flexibility index (Phi) is 9.57. The Hall–Kier alpha value is -3.27. The van der Waals surface area contributed by atoms with Crippen LogP contribution in [0.2, 0.25) is 0 Å². The first-order valence-corrected chi connectivity index (χ1v) is 12.2. The molecular formula is C28H31NO4S. The summed E-state index contributed by atoms with van der Waals surface area (Å²) in [6.45, 7) is 7.21. The maximum Gasteiger partial charge on any atom is 0.290 e. The Bertz CT molecular complexity index is 1130. The Morgan fingerprint density at radius 2 is 1.91 bits per heavy atom. The number of carboxylic acid groups (broad SMARTS) is 1. The lowest BCUT2D eigenvalue weighted by Crippen LogP contribution is -2.29. The van der Waals surface area contributed by atoms with Crippen LogP contribution in [-0.2, 0) is 30.9 Å². The number of nitrogens with zero attached hydrogens (tertiary/aromatic N) is 1. The molecule has 2 aromatic carbocycles. The standard InChI is InChI=1S/C27H29NO2S.CH2O2/c1-3-6-22(4-2)23-9-11-25(12-10-23)30-19-21-8-5-7-20(15-21)17-28-14-13-26-24(18-28)16-27(29)31-26;2-1-3/h5,7-12,15-16,22,29H,4,13-14,17-19H2,1-2H3;1H,(H,2,3). The first-order valence-electron chi connectivity index (χ1n) is 11.4. The van der Waals surface area contributed by atoms with Crippen molar-refractivity contribution in [2.45, 2.75) is 52.3 Å². The molecule has 0 fully saturated rings. The molecule has 1 aliphatic rings. The number of carbonyl (C=O) groups is 1. The van der Waals surface area contributed by atoms with E-state index in [1.807, 2.05) is 25.1 Å². The van der Waals surface area contributed by atoms with Gasteiger partial charge in [-0.3, -0.25) is 9.69 Å². The summed E-state index contributed by atoms with van der Waals surface area (Å²) in [7, 11) is 0. The lowest BCUT2D eigenvalue weighted by atomic mass is 9.97. The number of benzene rings is 2. The molecular weight excluding hydrogens is 446 g/mol. The molecule has 34 heavy (non-hydrogen) atoms. The molecule has 2 N–H and O–H groups in total. The van der Waals surface area contributed by atoms with Crippen LogP contribution in [0, 0.1) is 11.8 Å². The highest BCUT2D eigenvalue weighted by molar-refractivity contribution is 7.13. The molecule has 0 radical (unpaired) electrons. The van der Waals surface area contributed by atoms with Gasteiger partial charge >= 0.3 is 0 Å². The molecule has 0 saturated heterocycles. The SMILES string of the molecule is CC#CC(CC)c1ccc(OCc2cccc(CN3CCc4sc(O)cc4C3)c2)cc1.O=CO. The number of ether oxygens (including phenoxy) is 1. The van der Waals surface area contributed by atoms with Crippen molar-refractivity contribution in [2.75, 3.05) is 6.54 Å². The fourth-order valence-corrected chi connectivity index (χ4v) is 5.05. The normalized spacial score (nSPS) is 13.5. The van der Waals surface area contributed by atoms with Gasteiger partial charge in [0, 0.05) is 30.4 Å². The van der Waals surface area contributed by atoms with Crippen molar-refractivity contribution in [1.29, 1.82) is 0 Å². The first kappa shape index (κ1) is 25.4. The van der Waals surface area contributed by atoms with Crippen LogP contribution in [0.1, 0.15) is 53.3 Å². The summed E-state index contributed by atoms with van der Waals surface area (Å²) in [5.74, 6) is 7.46. The highest BCUT2D eigenvalue weighted by atomic mass is 32.1. The van der Waals surface area contributed by atoms with Crippen LogP contribution < -0.4 is 4.74 Å². The quantitative estimate of drug-likeness (QED) is 0.332. The second-order valence-corrected chi connectivity index (χ2v) is 9.25. The van der Waals surface area contributed by atoms with Gasteiger partial charge < -0.3 is 14.9 Å². The van der Waals surface area contributed by atoms with Gasteiger partial charge in [0.15, 0.2) is 5.06 Å². The van der Waals surface area contributed by atoms with Gasteiger partial charge in [-0.15, -0.1) is 17.3 Å². The molecule has 178 valence electrons. The van der Waals surface area contributed by atoms with Crippen LogP contribution in [0.4, 0.5) is 0 Å². The largest absolute Gasteiger partial charge is 0.499 e. The fourth-order valence-electron chi connectivity index (χ4n) is 4.15. The molecule has 0 saturated carbocycles. The topological polar surface area (TPSA) is 70.0 Å². The molecule has 1 unspecified atom stereocenters. The molecule has 0 aliphatic carbocycles.